The maximum atomic E-state index is 16.3. The molecule has 2 aliphatic heterocycles. The van der Waals surface area contributed by atoms with Crippen LogP contribution in [0.1, 0.15) is 121 Å². The number of hydrogen-bond donors (Lipinski definition) is 2. The molecule has 0 saturated carbocycles. The minimum absolute atomic E-state index is 0.0222. The number of carboxylic acids is 1. The number of hydrogen-bond acceptors (Lipinski definition) is 12. The zero-order valence-electron chi connectivity index (χ0n) is 45.1. The standard InChI is InChI=1S/C57H69BBrN7O8S/c1-13-64-43-26-25-35(58-73-55(6,7)56(8,9)74-58)30-41(43)45(48(64)40-24-18-28-60-46(40)34(2)71-12)57(52(68)69)27-19-29-65(66(57)33-54(3,4)5)51(67)47(49(63(10)11)50-61-44(59)32-75-50)62-53(70)72-31-42-38-22-16-14-20-36(38)37-21-15-17-23-39(37)42/h14-18,20-26,28,30,32,34,42,47,49H,13,19,27,29,31,33H2,1-12H3,(H,62,70)(H,68,69)/t34-,47-,49?,57-/m0/s1. The van der Waals surface area contributed by atoms with Crippen molar-refractivity contribution in [2.24, 2.45) is 5.41 Å². The largest absolute Gasteiger partial charge is 0.494 e. The second-order valence-corrected chi connectivity index (χ2v) is 24.1. The van der Waals surface area contributed by atoms with Gasteiger partial charge in [0.1, 0.15) is 22.3 Å². The molecule has 2 fully saturated rings. The number of thiazole rings is 1. The number of fused-ring (bicyclic) bond motifs is 4. The summed E-state index contributed by atoms with van der Waals surface area (Å²) in [6.07, 6.45) is 0.896. The van der Waals surface area contributed by atoms with Crippen molar-refractivity contribution >= 4 is 68.7 Å². The Morgan fingerprint density at radius 3 is 2.19 bits per heavy atom. The second-order valence-electron chi connectivity index (χ2n) is 22.4. The number of nitrogens with zero attached hydrogens (tertiary/aromatic N) is 6. The van der Waals surface area contributed by atoms with Gasteiger partial charge in [0.15, 0.2) is 5.54 Å². The lowest BCUT2D eigenvalue weighted by Crippen LogP contribution is -2.68. The van der Waals surface area contributed by atoms with E-state index in [1.54, 1.807) is 23.3 Å². The topological polar surface area (TPSA) is 161 Å². The Hall–Kier alpha value is -5.47. The molecule has 6 aromatic rings. The van der Waals surface area contributed by atoms with E-state index in [-0.39, 0.29) is 32.0 Å². The number of carbonyl (C=O) groups excluding carboxylic acids is 2. The van der Waals surface area contributed by atoms with E-state index in [1.165, 1.54) is 11.3 Å². The van der Waals surface area contributed by atoms with Crippen LogP contribution in [-0.2, 0) is 40.5 Å². The minimum atomic E-state index is -1.89. The zero-order chi connectivity index (χ0) is 53.9. The highest BCUT2D eigenvalue weighted by molar-refractivity contribution is 9.10. The zero-order valence-corrected chi connectivity index (χ0v) is 47.5. The molecule has 0 bridgehead atoms. The lowest BCUT2D eigenvalue weighted by atomic mass is 9.75. The molecule has 2 amide bonds. The van der Waals surface area contributed by atoms with Gasteiger partial charge in [0.25, 0.3) is 5.91 Å². The molecule has 0 spiro atoms. The van der Waals surface area contributed by atoms with E-state index in [1.807, 2.05) is 141 Å². The molecule has 1 unspecified atom stereocenters. The molecule has 3 aliphatic rings. The van der Waals surface area contributed by atoms with Gasteiger partial charge < -0.3 is 33.8 Å². The number of halogens is 1. The van der Waals surface area contributed by atoms with Crippen molar-refractivity contribution in [2.75, 3.05) is 40.9 Å². The number of aromatic nitrogens is 3. The predicted octanol–water partition coefficient (Wildman–Crippen LogP) is 10.3. The van der Waals surface area contributed by atoms with Crippen molar-refractivity contribution in [1.82, 2.24) is 34.8 Å². The van der Waals surface area contributed by atoms with Gasteiger partial charge in [-0.3, -0.25) is 19.7 Å². The predicted molar refractivity (Wildman–Crippen MR) is 297 cm³/mol. The van der Waals surface area contributed by atoms with Crippen molar-refractivity contribution in [1.29, 1.82) is 0 Å². The number of alkyl carbamates (subject to hydrolysis) is 1. The van der Waals surface area contributed by atoms with E-state index in [4.69, 9.17) is 28.8 Å². The van der Waals surface area contributed by atoms with Gasteiger partial charge in [0.05, 0.1) is 34.7 Å². The maximum absolute atomic E-state index is 16.3. The number of hydrazine groups is 1. The third-order valence-corrected chi connectivity index (χ3v) is 17.2. The first-order valence-corrected chi connectivity index (χ1v) is 27.4. The highest BCUT2D eigenvalue weighted by atomic mass is 79.9. The van der Waals surface area contributed by atoms with Crippen molar-refractivity contribution in [3.63, 3.8) is 0 Å². The van der Waals surface area contributed by atoms with Crippen LogP contribution in [0.25, 0.3) is 33.3 Å². The number of methoxy groups -OCH3 is 1. The Bertz CT molecular complexity index is 3070. The van der Waals surface area contributed by atoms with Crippen molar-refractivity contribution in [3.05, 3.63) is 122 Å². The number of carboxylic acid groups (broad SMARTS) is 1. The van der Waals surface area contributed by atoms with Crippen LogP contribution < -0.4 is 10.8 Å². The highest BCUT2D eigenvalue weighted by Crippen LogP contribution is 2.51. The van der Waals surface area contributed by atoms with Crippen molar-refractivity contribution in [2.45, 2.75) is 123 Å². The number of benzene rings is 3. The van der Waals surface area contributed by atoms with Gasteiger partial charge in [0.2, 0.25) is 0 Å². The van der Waals surface area contributed by atoms with E-state index in [2.05, 4.69) is 50.1 Å². The first-order chi connectivity index (χ1) is 35.5. The summed E-state index contributed by atoms with van der Waals surface area (Å²) >= 11 is 4.88. The fraction of sp³-hybridized carbons (Fsp3) is 0.456. The van der Waals surface area contributed by atoms with E-state index < -0.39 is 65.4 Å². The fourth-order valence-corrected chi connectivity index (χ4v) is 12.8. The molecule has 1 aliphatic carbocycles. The van der Waals surface area contributed by atoms with Gasteiger partial charge in [-0.1, -0.05) is 81.4 Å². The summed E-state index contributed by atoms with van der Waals surface area (Å²) in [6.45, 7) is 18.9. The van der Waals surface area contributed by atoms with Crippen LogP contribution in [0.5, 0.6) is 0 Å². The molecule has 2 N–H and O–H groups in total. The van der Waals surface area contributed by atoms with Crippen molar-refractivity contribution < 1.29 is 38.3 Å². The van der Waals surface area contributed by atoms with E-state index >= 15 is 9.59 Å². The van der Waals surface area contributed by atoms with E-state index in [0.29, 0.717) is 50.5 Å². The maximum Gasteiger partial charge on any atom is 0.494 e. The van der Waals surface area contributed by atoms with Gasteiger partial charge in [-0.05, 0) is 136 Å². The molecule has 2 saturated heterocycles. The quantitative estimate of drug-likeness (QED) is 0.0939. The molecule has 0 radical (unpaired) electrons. The Labute approximate surface area is 453 Å². The van der Waals surface area contributed by atoms with Crippen LogP contribution in [-0.4, -0.2) is 118 Å². The molecule has 9 rings (SSSR count). The Kier molecular flexibility index (Phi) is 15.1. The van der Waals surface area contributed by atoms with Gasteiger partial charge in [-0.15, -0.1) is 11.3 Å². The van der Waals surface area contributed by atoms with Gasteiger partial charge in [-0.2, -0.15) is 5.01 Å². The lowest BCUT2D eigenvalue weighted by Gasteiger charge is -2.53. The van der Waals surface area contributed by atoms with Crippen LogP contribution in [0.15, 0.2) is 95.0 Å². The molecule has 5 heterocycles. The number of aliphatic carboxylic acids is 1. The van der Waals surface area contributed by atoms with Gasteiger partial charge >= 0.3 is 19.2 Å². The number of rotatable bonds is 15. The number of aryl methyl sites for hydroxylation is 1. The first-order valence-electron chi connectivity index (χ1n) is 25.7. The summed E-state index contributed by atoms with van der Waals surface area (Å²) < 4.78 is 28.1. The smallest absolute Gasteiger partial charge is 0.480 e. The molecule has 4 atom stereocenters. The summed E-state index contributed by atoms with van der Waals surface area (Å²) in [6, 6.07) is 23.9. The van der Waals surface area contributed by atoms with Gasteiger partial charge in [-0.25, -0.2) is 14.6 Å². The van der Waals surface area contributed by atoms with Crippen LogP contribution in [0.3, 0.4) is 0 Å². The lowest BCUT2D eigenvalue weighted by molar-refractivity contribution is -0.199. The number of pyridine rings is 1. The Morgan fingerprint density at radius 2 is 1.61 bits per heavy atom. The molecule has 3 aromatic heterocycles. The average molecular weight is 1100 g/mol. The third kappa shape index (κ3) is 9.85. The highest BCUT2D eigenvalue weighted by Gasteiger charge is 2.57. The number of carbonyl (C=O) groups is 3. The fourth-order valence-electron chi connectivity index (χ4n) is 11.3. The molecule has 396 valence electrons. The molecule has 3 aromatic carbocycles. The minimum Gasteiger partial charge on any atom is -0.480 e. The first kappa shape index (κ1) is 54.3. The summed E-state index contributed by atoms with van der Waals surface area (Å²) in [4.78, 5) is 57.6. The van der Waals surface area contributed by atoms with Crippen LogP contribution in [0.2, 0.25) is 0 Å². The number of nitrogens with one attached hydrogen (secondary N) is 1. The number of likely N-dealkylation sites (N-methyl/N-ethyl adjacent to an activating group) is 1. The van der Waals surface area contributed by atoms with Crippen LogP contribution in [0, 0.1) is 5.41 Å². The summed E-state index contributed by atoms with van der Waals surface area (Å²) in [5, 5.41) is 21.9. The van der Waals surface area contributed by atoms with E-state index in [0.717, 1.165) is 33.2 Å². The Morgan fingerprint density at radius 1 is 0.973 bits per heavy atom. The summed E-state index contributed by atoms with van der Waals surface area (Å²) in [5.74, 6) is -1.88. The Balaban J connectivity index is 1.21. The van der Waals surface area contributed by atoms with Gasteiger partial charge in [0, 0.05) is 66.3 Å². The molecular formula is C57H69BBrN7O8S. The summed E-state index contributed by atoms with van der Waals surface area (Å²) in [5.41, 5.74) is 4.53. The van der Waals surface area contributed by atoms with Crippen molar-refractivity contribution in [3.8, 4) is 22.4 Å². The SMILES string of the molecule is CCn1c(-c2cccnc2[C@H](C)OC)c([C@]2(C(=O)O)CCCN(C(=O)[C@@H](NC(=O)OCC3c4ccccc4-c4ccccc43)C(c3nc(Br)cs3)N(C)C)N2CC(C)(C)C)c2cc(B3OC(C)(C)C(C)(C)O3)ccc21. The number of ether oxygens (including phenoxy) is 2. The molecule has 15 nitrogen and oxygen atoms in total. The summed E-state index contributed by atoms with van der Waals surface area (Å²) in [7, 11) is 4.54. The monoisotopic (exact) mass is 1100 g/mol. The molecule has 75 heavy (non-hydrogen) atoms. The normalized spacial score (nSPS) is 19.8. The molecule has 18 heteroatoms. The third-order valence-electron chi connectivity index (χ3n) is 15.5. The van der Waals surface area contributed by atoms with Crippen LogP contribution >= 0.6 is 27.3 Å². The number of amides is 2. The van der Waals surface area contributed by atoms with E-state index in [9.17, 15) is 9.90 Å². The molecular weight excluding hydrogens is 1030 g/mol. The average Bonchev–Trinajstić information content (AvgIpc) is 4.09. The van der Waals surface area contributed by atoms with Crippen LogP contribution in [0.4, 0.5) is 4.79 Å². The second kappa shape index (κ2) is 20.8.